The van der Waals surface area contributed by atoms with Crippen molar-refractivity contribution in [1.82, 2.24) is 4.98 Å². The number of allylic oxidation sites excluding steroid dienone is 2. The Bertz CT molecular complexity index is 822. The number of amides is 2. The maximum atomic E-state index is 12.9. The van der Waals surface area contributed by atoms with Crippen molar-refractivity contribution in [1.29, 1.82) is 0 Å². The summed E-state index contributed by atoms with van der Waals surface area (Å²) < 4.78 is 0. The van der Waals surface area contributed by atoms with Crippen molar-refractivity contribution in [3.05, 3.63) is 48.7 Å². The maximum absolute atomic E-state index is 12.9. The third kappa shape index (κ3) is 1.35. The number of hydrogen-bond donors (Lipinski definition) is 0. The molecule has 1 saturated heterocycles. The molecule has 3 aliphatic rings. The largest absolute Gasteiger partial charge is 0.274 e. The van der Waals surface area contributed by atoms with Crippen LogP contribution >= 0.6 is 0 Å². The molecule has 0 unspecified atom stereocenters. The monoisotopic (exact) mass is 290 g/mol. The molecule has 2 fully saturated rings. The standard InChI is InChI=1S/C18H14N2O2/c21-17-14-11-6-7-12(9-11)15(14)18(22)20(17)13-5-1-3-10-4-2-8-19-16(10)13/h1-8,11-12,14-15H,9H2/t11-,12-,14-,15+/m0/s1. The summed E-state index contributed by atoms with van der Waals surface area (Å²) in [6.07, 6.45) is 6.88. The zero-order valence-electron chi connectivity index (χ0n) is 11.8. The van der Waals surface area contributed by atoms with Gasteiger partial charge >= 0.3 is 0 Å². The van der Waals surface area contributed by atoms with Crippen LogP contribution in [0.3, 0.4) is 0 Å². The second-order valence-electron chi connectivity index (χ2n) is 6.36. The molecular weight excluding hydrogens is 276 g/mol. The van der Waals surface area contributed by atoms with Crippen LogP contribution in [0.15, 0.2) is 48.7 Å². The molecule has 2 aromatic rings. The minimum Gasteiger partial charge on any atom is -0.274 e. The summed E-state index contributed by atoms with van der Waals surface area (Å²) in [6.45, 7) is 0. The SMILES string of the molecule is O=C1[C@@H]2[C@H](C(=O)N1c1cccc3cccnc13)[C@H]1C=C[C@H]2C1. The van der Waals surface area contributed by atoms with Gasteiger partial charge in [-0.25, -0.2) is 4.90 Å². The third-order valence-electron chi connectivity index (χ3n) is 5.32. The molecule has 4 atom stereocenters. The Labute approximate surface area is 127 Å². The summed E-state index contributed by atoms with van der Waals surface area (Å²) in [6, 6.07) is 9.45. The van der Waals surface area contributed by atoms with E-state index in [9.17, 15) is 9.59 Å². The van der Waals surface area contributed by atoms with Gasteiger partial charge in [-0.05, 0) is 30.4 Å². The van der Waals surface area contributed by atoms with E-state index >= 15 is 0 Å². The lowest BCUT2D eigenvalue weighted by molar-refractivity contribution is -0.123. The number of carbonyl (C=O) groups is 2. The van der Waals surface area contributed by atoms with Gasteiger partial charge in [0.05, 0.1) is 23.0 Å². The smallest absolute Gasteiger partial charge is 0.238 e. The molecular formula is C18H14N2O2. The quantitative estimate of drug-likeness (QED) is 0.599. The van der Waals surface area contributed by atoms with E-state index in [1.807, 2.05) is 30.3 Å². The maximum Gasteiger partial charge on any atom is 0.238 e. The van der Waals surface area contributed by atoms with Crippen molar-refractivity contribution in [3.8, 4) is 0 Å². The number of nitrogens with zero attached hydrogens (tertiary/aromatic N) is 2. The molecule has 4 heteroatoms. The van der Waals surface area contributed by atoms with E-state index < -0.39 is 0 Å². The number of hydrogen-bond acceptors (Lipinski definition) is 3. The average Bonchev–Trinajstić information content (AvgIpc) is 3.21. The Kier molecular flexibility index (Phi) is 2.22. The fourth-order valence-corrected chi connectivity index (χ4v) is 4.41. The van der Waals surface area contributed by atoms with Crippen LogP contribution < -0.4 is 4.90 Å². The van der Waals surface area contributed by atoms with E-state index in [1.165, 1.54) is 4.90 Å². The van der Waals surface area contributed by atoms with E-state index in [0.717, 1.165) is 11.8 Å². The summed E-state index contributed by atoms with van der Waals surface area (Å²) in [5.41, 5.74) is 1.34. The minimum atomic E-state index is -0.165. The number of imide groups is 1. The molecule has 108 valence electrons. The molecule has 2 amide bonds. The third-order valence-corrected chi connectivity index (χ3v) is 5.32. The van der Waals surface area contributed by atoms with Crippen LogP contribution in [0.1, 0.15) is 6.42 Å². The summed E-state index contributed by atoms with van der Waals surface area (Å²) >= 11 is 0. The molecule has 1 aliphatic heterocycles. The molecule has 0 spiro atoms. The summed E-state index contributed by atoms with van der Waals surface area (Å²) in [4.78, 5) is 31.5. The van der Waals surface area contributed by atoms with Gasteiger partial charge in [0.25, 0.3) is 0 Å². The number of benzene rings is 1. The van der Waals surface area contributed by atoms with Gasteiger partial charge in [-0.2, -0.15) is 0 Å². The summed E-state index contributed by atoms with van der Waals surface area (Å²) in [5, 5.41) is 0.943. The highest BCUT2D eigenvalue weighted by Gasteiger charge is 2.59. The van der Waals surface area contributed by atoms with Gasteiger partial charge in [0.2, 0.25) is 11.8 Å². The fourth-order valence-electron chi connectivity index (χ4n) is 4.41. The van der Waals surface area contributed by atoms with Crippen LogP contribution in [0, 0.1) is 23.7 Å². The Hall–Kier alpha value is -2.49. The molecule has 22 heavy (non-hydrogen) atoms. The first kappa shape index (κ1) is 12.1. The predicted molar refractivity (Wildman–Crippen MR) is 82.0 cm³/mol. The van der Waals surface area contributed by atoms with Crippen molar-refractivity contribution < 1.29 is 9.59 Å². The van der Waals surface area contributed by atoms with Gasteiger partial charge < -0.3 is 0 Å². The van der Waals surface area contributed by atoms with E-state index in [-0.39, 0.29) is 35.5 Å². The van der Waals surface area contributed by atoms with Gasteiger partial charge in [0.1, 0.15) is 0 Å². The lowest BCUT2D eigenvalue weighted by Gasteiger charge is -2.18. The van der Waals surface area contributed by atoms with Crippen molar-refractivity contribution in [2.75, 3.05) is 4.90 Å². The van der Waals surface area contributed by atoms with E-state index in [1.54, 1.807) is 6.20 Å². The molecule has 2 aliphatic carbocycles. The fraction of sp³-hybridized carbons (Fsp3) is 0.278. The normalized spacial score (nSPS) is 32.3. The topological polar surface area (TPSA) is 50.3 Å². The average molecular weight is 290 g/mol. The molecule has 2 bridgehead atoms. The summed E-state index contributed by atoms with van der Waals surface area (Å²) in [7, 11) is 0. The van der Waals surface area contributed by atoms with Gasteiger partial charge in [-0.15, -0.1) is 0 Å². The molecule has 1 saturated carbocycles. The molecule has 4 nitrogen and oxygen atoms in total. The van der Waals surface area contributed by atoms with Crippen LogP contribution in [0.2, 0.25) is 0 Å². The number of aromatic nitrogens is 1. The van der Waals surface area contributed by atoms with E-state index in [2.05, 4.69) is 17.1 Å². The molecule has 0 radical (unpaired) electrons. The molecule has 1 aromatic carbocycles. The van der Waals surface area contributed by atoms with E-state index in [4.69, 9.17) is 0 Å². The second kappa shape index (κ2) is 4.03. The molecule has 2 heterocycles. The van der Waals surface area contributed by atoms with Crippen molar-refractivity contribution in [2.45, 2.75) is 6.42 Å². The Morgan fingerprint density at radius 3 is 2.36 bits per heavy atom. The Morgan fingerprint density at radius 1 is 0.955 bits per heavy atom. The molecule has 1 aromatic heterocycles. The van der Waals surface area contributed by atoms with Gasteiger partial charge in [0, 0.05) is 11.6 Å². The van der Waals surface area contributed by atoms with Crippen LogP contribution in [-0.4, -0.2) is 16.8 Å². The number of rotatable bonds is 1. The van der Waals surface area contributed by atoms with Crippen molar-refractivity contribution in [3.63, 3.8) is 0 Å². The minimum absolute atomic E-state index is 0.0509. The Balaban J connectivity index is 1.67. The van der Waals surface area contributed by atoms with Crippen LogP contribution in [0.25, 0.3) is 10.9 Å². The lowest BCUT2D eigenvalue weighted by Crippen LogP contribution is -2.33. The van der Waals surface area contributed by atoms with Crippen LogP contribution in [0.5, 0.6) is 0 Å². The van der Waals surface area contributed by atoms with Crippen molar-refractivity contribution >= 4 is 28.4 Å². The highest BCUT2D eigenvalue weighted by molar-refractivity contribution is 6.25. The van der Waals surface area contributed by atoms with Gasteiger partial charge in [-0.3, -0.25) is 14.6 Å². The van der Waals surface area contributed by atoms with Crippen LogP contribution in [-0.2, 0) is 9.59 Å². The first-order valence-corrected chi connectivity index (χ1v) is 7.65. The first-order valence-electron chi connectivity index (χ1n) is 7.65. The number of pyridine rings is 1. The van der Waals surface area contributed by atoms with Crippen molar-refractivity contribution in [2.24, 2.45) is 23.7 Å². The molecule has 5 rings (SSSR count). The second-order valence-corrected chi connectivity index (χ2v) is 6.36. The number of para-hydroxylation sites is 1. The first-order chi connectivity index (χ1) is 10.8. The van der Waals surface area contributed by atoms with E-state index in [0.29, 0.717) is 11.2 Å². The lowest BCUT2D eigenvalue weighted by atomic mass is 9.85. The zero-order valence-corrected chi connectivity index (χ0v) is 11.8. The number of anilines is 1. The number of carbonyl (C=O) groups excluding carboxylic acids is 2. The van der Waals surface area contributed by atoms with Gasteiger partial charge in [0.15, 0.2) is 0 Å². The number of fused-ring (bicyclic) bond motifs is 6. The van der Waals surface area contributed by atoms with Crippen LogP contribution in [0.4, 0.5) is 5.69 Å². The Morgan fingerprint density at radius 2 is 1.64 bits per heavy atom. The molecule has 0 N–H and O–H groups in total. The predicted octanol–water partition coefficient (Wildman–Crippen LogP) is 2.55. The van der Waals surface area contributed by atoms with Gasteiger partial charge in [-0.1, -0.05) is 30.4 Å². The summed E-state index contributed by atoms with van der Waals surface area (Å²) in [5.74, 6) is 0.0386. The highest BCUT2D eigenvalue weighted by atomic mass is 16.2. The highest BCUT2D eigenvalue weighted by Crippen LogP contribution is 2.53. The zero-order chi connectivity index (χ0) is 14.8.